The molecule has 0 radical (unpaired) electrons. The Morgan fingerprint density at radius 3 is 3.00 bits per heavy atom. The summed E-state index contributed by atoms with van der Waals surface area (Å²) in [4.78, 5) is 22.2. The lowest BCUT2D eigenvalue weighted by Gasteiger charge is -1.99. The van der Waals surface area contributed by atoms with Crippen LogP contribution in [0.5, 0.6) is 0 Å². The van der Waals surface area contributed by atoms with E-state index < -0.39 is 4.92 Å². The summed E-state index contributed by atoms with van der Waals surface area (Å²) >= 11 is 0. The second-order valence-corrected chi connectivity index (χ2v) is 3.98. The van der Waals surface area contributed by atoms with Crippen LogP contribution in [0.4, 0.5) is 11.7 Å². The number of nitro groups is 1. The molecule has 3 rings (SSSR count). The van der Waals surface area contributed by atoms with Crippen molar-refractivity contribution >= 4 is 22.8 Å². The molecule has 8 heteroatoms. The van der Waals surface area contributed by atoms with Crippen LogP contribution >= 0.6 is 0 Å². The van der Waals surface area contributed by atoms with E-state index in [1.165, 1.54) is 24.5 Å². The molecule has 0 saturated carbocycles. The highest BCUT2D eigenvalue weighted by atomic mass is 16.6. The number of hydrogen-bond acceptors (Lipinski definition) is 7. The lowest BCUT2D eigenvalue weighted by Crippen LogP contribution is -2.01. The summed E-state index contributed by atoms with van der Waals surface area (Å²) in [6, 6.07) is 6.33. The Balaban J connectivity index is 1.80. The molecule has 1 N–H and O–H groups in total. The van der Waals surface area contributed by atoms with Crippen LogP contribution in [0.15, 0.2) is 41.2 Å². The van der Waals surface area contributed by atoms with Gasteiger partial charge in [0.1, 0.15) is 11.8 Å². The number of non-ortho nitro benzene ring substituents is 1. The van der Waals surface area contributed by atoms with E-state index in [2.05, 4.69) is 20.3 Å². The number of nitro benzene ring substituents is 1. The van der Waals surface area contributed by atoms with Gasteiger partial charge in [-0.3, -0.25) is 10.1 Å². The predicted octanol–water partition coefficient (Wildman–Crippen LogP) is 2.14. The molecule has 0 unspecified atom stereocenters. The largest absolute Gasteiger partial charge is 0.424 e. The molecule has 0 aliphatic heterocycles. The molecule has 0 fully saturated rings. The number of rotatable bonds is 4. The molecule has 3 aromatic rings. The second-order valence-electron chi connectivity index (χ2n) is 3.98. The molecule has 0 aliphatic carbocycles. The van der Waals surface area contributed by atoms with E-state index in [-0.39, 0.29) is 5.69 Å². The maximum absolute atomic E-state index is 10.7. The normalized spacial score (nSPS) is 10.6. The molecule has 0 bridgehead atoms. The Bertz CT molecular complexity index is 756. The van der Waals surface area contributed by atoms with E-state index in [0.29, 0.717) is 23.7 Å². The van der Waals surface area contributed by atoms with Crippen molar-refractivity contribution in [2.75, 3.05) is 5.32 Å². The fourth-order valence-corrected chi connectivity index (χ4v) is 1.69. The summed E-state index contributed by atoms with van der Waals surface area (Å²) < 4.78 is 5.44. The Kier molecular flexibility index (Phi) is 2.96. The fourth-order valence-electron chi connectivity index (χ4n) is 1.69. The second kappa shape index (κ2) is 4.92. The first-order valence-corrected chi connectivity index (χ1v) is 5.76. The first kappa shape index (κ1) is 12.0. The van der Waals surface area contributed by atoms with Gasteiger partial charge < -0.3 is 9.73 Å². The van der Waals surface area contributed by atoms with Gasteiger partial charge in [-0.2, -0.15) is 4.98 Å². The van der Waals surface area contributed by atoms with Crippen LogP contribution in [-0.2, 0) is 6.54 Å². The molecule has 0 aliphatic rings. The minimum absolute atomic E-state index is 0.0202. The van der Waals surface area contributed by atoms with Crippen molar-refractivity contribution in [2.24, 2.45) is 0 Å². The molecular weight excluding hydrogens is 262 g/mol. The molecule has 2 aromatic heterocycles. The van der Waals surface area contributed by atoms with Gasteiger partial charge in [-0.1, -0.05) is 0 Å². The zero-order chi connectivity index (χ0) is 13.9. The monoisotopic (exact) mass is 271 g/mol. The quantitative estimate of drug-likeness (QED) is 0.572. The van der Waals surface area contributed by atoms with Gasteiger partial charge in [0.05, 0.1) is 17.2 Å². The van der Waals surface area contributed by atoms with E-state index in [9.17, 15) is 10.1 Å². The number of nitrogens with one attached hydrogen (secondary N) is 1. The van der Waals surface area contributed by atoms with E-state index in [1.807, 2.05) is 0 Å². The molecule has 8 nitrogen and oxygen atoms in total. The van der Waals surface area contributed by atoms with Crippen LogP contribution in [0.2, 0.25) is 0 Å². The van der Waals surface area contributed by atoms with Gasteiger partial charge >= 0.3 is 0 Å². The molecule has 20 heavy (non-hydrogen) atoms. The van der Waals surface area contributed by atoms with Gasteiger partial charge in [0, 0.05) is 18.3 Å². The zero-order valence-corrected chi connectivity index (χ0v) is 10.2. The number of fused-ring (bicyclic) bond motifs is 1. The molecule has 100 valence electrons. The van der Waals surface area contributed by atoms with Crippen molar-refractivity contribution < 1.29 is 9.34 Å². The van der Waals surface area contributed by atoms with Gasteiger partial charge in [0.25, 0.3) is 11.7 Å². The summed E-state index contributed by atoms with van der Waals surface area (Å²) in [5.74, 6) is 0. The third kappa shape index (κ3) is 2.39. The lowest BCUT2D eigenvalue weighted by molar-refractivity contribution is -0.384. The number of aromatic nitrogens is 3. The van der Waals surface area contributed by atoms with Crippen LogP contribution in [0.1, 0.15) is 5.69 Å². The summed E-state index contributed by atoms with van der Waals surface area (Å²) in [5, 5.41) is 13.6. The summed E-state index contributed by atoms with van der Waals surface area (Å²) in [6.07, 6.45) is 3.09. The van der Waals surface area contributed by atoms with Gasteiger partial charge in [-0.25, -0.2) is 9.97 Å². The van der Waals surface area contributed by atoms with Crippen molar-refractivity contribution in [3.63, 3.8) is 0 Å². The van der Waals surface area contributed by atoms with Crippen molar-refractivity contribution in [2.45, 2.75) is 6.54 Å². The van der Waals surface area contributed by atoms with Gasteiger partial charge in [0.2, 0.25) is 0 Å². The van der Waals surface area contributed by atoms with Crippen LogP contribution < -0.4 is 5.32 Å². The Labute approximate surface area is 112 Å². The summed E-state index contributed by atoms with van der Waals surface area (Å²) in [6.45, 7) is 0.428. The maximum Gasteiger partial charge on any atom is 0.296 e. The molecule has 0 spiro atoms. The molecule has 0 saturated heterocycles. The van der Waals surface area contributed by atoms with Crippen molar-refractivity contribution in [3.05, 3.63) is 52.6 Å². The van der Waals surface area contributed by atoms with E-state index in [1.54, 1.807) is 12.3 Å². The van der Waals surface area contributed by atoms with Gasteiger partial charge in [-0.05, 0) is 12.1 Å². The Morgan fingerprint density at radius 1 is 1.35 bits per heavy atom. The SMILES string of the molecule is O=[N+]([O-])c1ccc2oc(NCc3ccncn3)nc2c1. The van der Waals surface area contributed by atoms with Crippen LogP contribution in [0.25, 0.3) is 11.1 Å². The molecule has 0 amide bonds. The number of benzene rings is 1. The number of oxazole rings is 1. The highest BCUT2D eigenvalue weighted by Gasteiger charge is 2.11. The topological polar surface area (TPSA) is 107 Å². The first-order valence-electron chi connectivity index (χ1n) is 5.76. The van der Waals surface area contributed by atoms with Crippen molar-refractivity contribution in [1.82, 2.24) is 15.0 Å². The fraction of sp³-hybridized carbons (Fsp3) is 0.0833. The highest BCUT2D eigenvalue weighted by Crippen LogP contribution is 2.23. The van der Waals surface area contributed by atoms with Crippen LogP contribution in [0.3, 0.4) is 0 Å². The molecular formula is C12H9N5O3. The average molecular weight is 271 g/mol. The Morgan fingerprint density at radius 2 is 2.25 bits per heavy atom. The molecule has 2 heterocycles. The van der Waals surface area contributed by atoms with E-state index >= 15 is 0 Å². The minimum Gasteiger partial charge on any atom is -0.424 e. The van der Waals surface area contributed by atoms with Crippen molar-refractivity contribution in [3.8, 4) is 0 Å². The first-order chi connectivity index (χ1) is 9.72. The standard InChI is InChI=1S/C12H9N5O3/c18-17(19)9-1-2-11-10(5-9)16-12(20-11)14-6-8-3-4-13-7-15-8/h1-5,7H,6H2,(H,14,16). The third-order valence-electron chi connectivity index (χ3n) is 2.65. The van der Waals surface area contributed by atoms with Crippen LogP contribution in [-0.4, -0.2) is 19.9 Å². The van der Waals surface area contributed by atoms with Crippen molar-refractivity contribution in [1.29, 1.82) is 0 Å². The number of anilines is 1. The molecule has 1 aromatic carbocycles. The molecule has 0 atom stereocenters. The lowest BCUT2D eigenvalue weighted by atomic mass is 10.3. The van der Waals surface area contributed by atoms with E-state index in [0.717, 1.165) is 5.69 Å². The third-order valence-corrected chi connectivity index (χ3v) is 2.65. The average Bonchev–Trinajstić information content (AvgIpc) is 2.88. The number of hydrogen-bond donors (Lipinski definition) is 1. The predicted molar refractivity (Wildman–Crippen MR) is 70.0 cm³/mol. The van der Waals surface area contributed by atoms with Crippen LogP contribution in [0, 0.1) is 10.1 Å². The smallest absolute Gasteiger partial charge is 0.296 e. The number of nitrogens with zero attached hydrogens (tertiary/aromatic N) is 4. The Hall–Kier alpha value is -3.03. The zero-order valence-electron chi connectivity index (χ0n) is 10.2. The highest BCUT2D eigenvalue weighted by molar-refractivity contribution is 5.77. The summed E-state index contributed by atoms with van der Waals surface area (Å²) in [5.41, 5.74) is 1.69. The maximum atomic E-state index is 10.7. The minimum atomic E-state index is -0.470. The summed E-state index contributed by atoms with van der Waals surface area (Å²) in [7, 11) is 0. The van der Waals surface area contributed by atoms with E-state index in [4.69, 9.17) is 4.42 Å². The van der Waals surface area contributed by atoms with Gasteiger partial charge in [-0.15, -0.1) is 0 Å². The van der Waals surface area contributed by atoms with Gasteiger partial charge in [0.15, 0.2) is 5.58 Å².